The Morgan fingerprint density at radius 2 is 2.05 bits per heavy atom. The minimum atomic E-state index is -3.54. The lowest BCUT2D eigenvalue weighted by Crippen LogP contribution is -2.38. The maximum atomic E-state index is 12.3. The van der Waals surface area contributed by atoms with Crippen molar-refractivity contribution in [1.82, 2.24) is 9.62 Å². The van der Waals surface area contributed by atoms with Gasteiger partial charge in [0.05, 0.1) is 18.9 Å². The molecule has 1 aliphatic heterocycles. The molecule has 0 radical (unpaired) electrons. The van der Waals surface area contributed by atoms with Gasteiger partial charge in [-0.3, -0.25) is 4.90 Å². The molecule has 1 fully saturated rings. The Kier molecular flexibility index (Phi) is 5.58. The number of hydrogen-bond donors (Lipinski definition) is 2. The maximum Gasteiger partial charge on any atom is 0.242 e. The van der Waals surface area contributed by atoms with E-state index in [2.05, 4.69) is 9.62 Å². The summed E-state index contributed by atoms with van der Waals surface area (Å²) in [4.78, 5) is 2.47. The number of hydrogen-bond acceptors (Lipinski definition) is 5. The van der Waals surface area contributed by atoms with Crippen LogP contribution < -0.4 is 10.5 Å². The Morgan fingerprint density at radius 1 is 1.33 bits per heavy atom. The second-order valence-corrected chi connectivity index (χ2v) is 6.90. The van der Waals surface area contributed by atoms with Gasteiger partial charge in [-0.2, -0.15) is 0 Å². The van der Waals surface area contributed by atoms with Crippen molar-refractivity contribution in [2.45, 2.75) is 18.2 Å². The summed E-state index contributed by atoms with van der Waals surface area (Å²) in [6.45, 7) is 6.37. The average molecular weight is 313 g/mol. The highest BCUT2D eigenvalue weighted by atomic mass is 32.2. The average Bonchev–Trinajstić information content (AvgIpc) is 2.44. The highest BCUT2D eigenvalue weighted by Crippen LogP contribution is 2.21. The van der Waals surface area contributed by atoms with Crippen molar-refractivity contribution in [3.8, 4) is 0 Å². The Balaban J connectivity index is 1.86. The summed E-state index contributed by atoms with van der Waals surface area (Å²) in [7, 11) is -3.54. The van der Waals surface area contributed by atoms with Gasteiger partial charge in [-0.15, -0.1) is 0 Å². The number of sulfonamides is 1. The lowest BCUT2D eigenvalue weighted by Gasteiger charge is -2.26. The van der Waals surface area contributed by atoms with Crippen LogP contribution in [0, 0.1) is 6.92 Å². The van der Waals surface area contributed by atoms with Crippen LogP contribution in [0.4, 0.5) is 5.69 Å². The van der Waals surface area contributed by atoms with Gasteiger partial charge in [0.1, 0.15) is 4.90 Å². The number of nitrogens with one attached hydrogen (secondary N) is 1. The van der Waals surface area contributed by atoms with E-state index in [-0.39, 0.29) is 10.6 Å². The molecule has 7 heteroatoms. The fourth-order valence-corrected chi connectivity index (χ4v) is 3.88. The number of rotatable bonds is 6. The standard InChI is InChI=1S/C14H23N3O3S/c1-12-4-2-5-13(15)14(12)21(18,19)16-6-3-7-17-8-10-20-11-9-17/h2,4-5,16H,3,6-11,15H2,1H3. The number of morpholine rings is 1. The first-order chi connectivity index (χ1) is 10.0. The first kappa shape index (κ1) is 16.2. The monoisotopic (exact) mass is 313 g/mol. The molecule has 2 rings (SSSR count). The highest BCUT2D eigenvalue weighted by molar-refractivity contribution is 7.89. The Bertz CT molecular complexity index is 549. The largest absolute Gasteiger partial charge is 0.398 e. The summed E-state index contributed by atoms with van der Waals surface area (Å²) in [6.07, 6.45) is 0.769. The van der Waals surface area contributed by atoms with Crippen molar-refractivity contribution in [3.05, 3.63) is 23.8 Å². The summed E-state index contributed by atoms with van der Waals surface area (Å²) >= 11 is 0. The third-order valence-electron chi connectivity index (χ3n) is 3.56. The fourth-order valence-electron chi connectivity index (χ4n) is 2.45. The van der Waals surface area contributed by atoms with Gasteiger partial charge in [0.15, 0.2) is 0 Å². The molecule has 21 heavy (non-hydrogen) atoms. The van der Waals surface area contributed by atoms with Crippen molar-refractivity contribution < 1.29 is 13.2 Å². The highest BCUT2D eigenvalue weighted by Gasteiger charge is 2.19. The van der Waals surface area contributed by atoms with Gasteiger partial charge in [0.25, 0.3) is 0 Å². The number of nitrogens with zero attached hydrogens (tertiary/aromatic N) is 1. The molecule has 1 aromatic carbocycles. The van der Waals surface area contributed by atoms with Crippen molar-refractivity contribution in [3.63, 3.8) is 0 Å². The number of anilines is 1. The number of nitrogens with two attached hydrogens (primary N) is 1. The van der Waals surface area contributed by atoms with Crippen LogP contribution in [0.15, 0.2) is 23.1 Å². The first-order valence-corrected chi connectivity index (χ1v) is 8.64. The zero-order chi connectivity index (χ0) is 15.3. The van der Waals surface area contributed by atoms with Gasteiger partial charge < -0.3 is 10.5 Å². The lowest BCUT2D eigenvalue weighted by molar-refractivity contribution is 0.0376. The second kappa shape index (κ2) is 7.22. The van der Waals surface area contributed by atoms with Crippen molar-refractivity contribution in [2.24, 2.45) is 0 Å². The molecule has 118 valence electrons. The SMILES string of the molecule is Cc1cccc(N)c1S(=O)(=O)NCCCN1CCOCC1. The van der Waals surface area contributed by atoms with Crippen LogP contribution in [-0.4, -0.2) is 52.7 Å². The number of nitrogen functional groups attached to an aromatic ring is 1. The van der Waals surface area contributed by atoms with Crippen molar-refractivity contribution in [2.75, 3.05) is 45.1 Å². The van der Waals surface area contributed by atoms with Gasteiger partial charge in [-0.25, -0.2) is 13.1 Å². The molecule has 0 bridgehead atoms. The van der Waals surface area contributed by atoms with Gasteiger partial charge in [-0.05, 0) is 31.5 Å². The van der Waals surface area contributed by atoms with Crippen LogP contribution in [0.3, 0.4) is 0 Å². The molecule has 0 aliphatic carbocycles. The Hall–Kier alpha value is -1.15. The van der Waals surface area contributed by atoms with Gasteiger partial charge in [-0.1, -0.05) is 12.1 Å². The molecule has 0 saturated carbocycles. The fraction of sp³-hybridized carbons (Fsp3) is 0.571. The predicted molar refractivity (Wildman–Crippen MR) is 82.7 cm³/mol. The molecule has 1 heterocycles. The van der Waals surface area contributed by atoms with Crippen LogP contribution in [0.25, 0.3) is 0 Å². The van der Waals surface area contributed by atoms with E-state index in [1.165, 1.54) is 0 Å². The summed E-state index contributed by atoms with van der Waals surface area (Å²) in [6, 6.07) is 5.11. The normalized spacial score (nSPS) is 17.0. The number of ether oxygens (including phenoxy) is 1. The predicted octanol–water partition coefficient (Wildman–Crippen LogP) is 0.578. The molecule has 1 saturated heterocycles. The quantitative estimate of drug-likeness (QED) is 0.593. The van der Waals surface area contributed by atoms with E-state index < -0.39 is 10.0 Å². The van der Waals surface area contributed by atoms with Crippen molar-refractivity contribution >= 4 is 15.7 Å². The van der Waals surface area contributed by atoms with E-state index in [1.807, 2.05) is 0 Å². The van der Waals surface area contributed by atoms with Crippen molar-refractivity contribution in [1.29, 1.82) is 0 Å². The van der Waals surface area contributed by atoms with Crippen LogP contribution in [0.1, 0.15) is 12.0 Å². The molecule has 6 nitrogen and oxygen atoms in total. The molecule has 0 spiro atoms. The molecule has 3 N–H and O–H groups in total. The minimum Gasteiger partial charge on any atom is -0.398 e. The minimum absolute atomic E-state index is 0.191. The van der Waals surface area contributed by atoms with Gasteiger partial charge >= 0.3 is 0 Å². The Morgan fingerprint density at radius 3 is 2.71 bits per heavy atom. The molecule has 1 aromatic rings. The third-order valence-corrected chi connectivity index (χ3v) is 5.24. The van der Waals surface area contributed by atoms with Crippen LogP contribution in [-0.2, 0) is 14.8 Å². The molecule has 0 aromatic heterocycles. The summed E-state index contributed by atoms with van der Waals surface area (Å²) in [5.41, 5.74) is 6.74. The van der Waals surface area contributed by atoms with E-state index >= 15 is 0 Å². The second-order valence-electron chi connectivity index (χ2n) is 5.20. The topological polar surface area (TPSA) is 84.7 Å². The number of aryl methyl sites for hydroxylation is 1. The zero-order valence-corrected chi connectivity index (χ0v) is 13.2. The molecule has 0 atom stereocenters. The number of benzene rings is 1. The Labute approximate surface area is 126 Å². The van der Waals surface area contributed by atoms with E-state index in [4.69, 9.17) is 10.5 Å². The van der Waals surface area contributed by atoms with E-state index in [0.29, 0.717) is 12.1 Å². The zero-order valence-electron chi connectivity index (χ0n) is 12.3. The molecule has 0 amide bonds. The summed E-state index contributed by atoms with van der Waals surface area (Å²) < 4.78 is 32.5. The van der Waals surface area contributed by atoms with Gasteiger partial charge in [0, 0.05) is 19.6 Å². The molecule has 1 aliphatic rings. The molecule has 0 unspecified atom stereocenters. The van der Waals surface area contributed by atoms with Gasteiger partial charge in [0.2, 0.25) is 10.0 Å². The smallest absolute Gasteiger partial charge is 0.242 e. The van der Waals surface area contributed by atoms with Crippen LogP contribution in [0.5, 0.6) is 0 Å². The third kappa shape index (κ3) is 4.41. The summed E-state index contributed by atoms with van der Waals surface area (Å²) in [5.74, 6) is 0. The summed E-state index contributed by atoms with van der Waals surface area (Å²) in [5, 5.41) is 0. The first-order valence-electron chi connectivity index (χ1n) is 7.15. The van der Waals surface area contributed by atoms with E-state index in [0.717, 1.165) is 39.3 Å². The van der Waals surface area contributed by atoms with E-state index in [9.17, 15) is 8.42 Å². The maximum absolute atomic E-state index is 12.3. The van der Waals surface area contributed by atoms with E-state index in [1.54, 1.807) is 25.1 Å². The molecular weight excluding hydrogens is 290 g/mol. The van der Waals surface area contributed by atoms with Crippen LogP contribution in [0.2, 0.25) is 0 Å². The molecular formula is C14H23N3O3S. The van der Waals surface area contributed by atoms with Crippen LogP contribution >= 0.6 is 0 Å². The lowest BCUT2D eigenvalue weighted by atomic mass is 10.2.